The highest BCUT2D eigenvalue weighted by molar-refractivity contribution is 7.12. The Labute approximate surface area is 88.6 Å². The Bertz CT molecular complexity index is 317. The van der Waals surface area contributed by atoms with Crippen LogP contribution in [-0.2, 0) is 6.42 Å². The van der Waals surface area contributed by atoms with Crippen LogP contribution in [0.1, 0.15) is 28.6 Å². The van der Waals surface area contributed by atoms with E-state index in [1.54, 1.807) is 6.08 Å². The predicted octanol–water partition coefficient (Wildman–Crippen LogP) is 2.62. The SMILES string of the molecule is C=CCCNC(=O)c1sccc1CC. The molecule has 1 rings (SSSR count). The average Bonchev–Trinajstić information content (AvgIpc) is 2.65. The number of aryl methyl sites for hydroxylation is 1. The summed E-state index contributed by atoms with van der Waals surface area (Å²) in [7, 11) is 0. The van der Waals surface area contributed by atoms with E-state index < -0.39 is 0 Å². The summed E-state index contributed by atoms with van der Waals surface area (Å²) in [6, 6.07) is 2.01. The second kappa shape index (κ2) is 5.60. The number of carbonyl (C=O) groups excluding carboxylic acids is 1. The van der Waals surface area contributed by atoms with E-state index in [-0.39, 0.29) is 5.91 Å². The third kappa shape index (κ3) is 2.70. The van der Waals surface area contributed by atoms with E-state index in [0.717, 1.165) is 23.3 Å². The first-order chi connectivity index (χ1) is 6.79. The van der Waals surface area contributed by atoms with Gasteiger partial charge in [0, 0.05) is 6.54 Å². The molecule has 1 amide bonds. The van der Waals surface area contributed by atoms with Crippen LogP contribution < -0.4 is 5.32 Å². The minimum Gasteiger partial charge on any atom is -0.351 e. The molecule has 0 aliphatic carbocycles. The van der Waals surface area contributed by atoms with Crippen molar-refractivity contribution in [3.63, 3.8) is 0 Å². The minimum atomic E-state index is 0.0405. The summed E-state index contributed by atoms with van der Waals surface area (Å²) in [4.78, 5) is 12.5. The van der Waals surface area contributed by atoms with Gasteiger partial charge in [0.1, 0.15) is 0 Å². The molecule has 76 valence electrons. The Morgan fingerprint density at radius 3 is 3.14 bits per heavy atom. The van der Waals surface area contributed by atoms with Crippen molar-refractivity contribution < 1.29 is 4.79 Å². The fourth-order valence-electron chi connectivity index (χ4n) is 1.18. The van der Waals surface area contributed by atoms with Gasteiger partial charge in [-0.15, -0.1) is 17.9 Å². The Morgan fingerprint density at radius 1 is 1.71 bits per heavy atom. The topological polar surface area (TPSA) is 29.1 Å². The molecule has 0 aliphatic rings. The molecule has 1 aromatic heterocycles. The van der Waals surface area contributed by atoms with Crippen molar-refractivity contribution in [3.05, 3.63) is 34.5 Å². The molecular weight excluding hydrogens is 194 g/mol. The smallest absolute Gasteiger partial charge is 0.261 e. The van der Waals surface area contributed by atoms with Crippen LogP contribution in [-0.4, -0.2) is 12.5 Å². The van der Waals surface area contributed by atoms with Crippen LogP contribution in [0.2, 0.25) is 0 Å². The van der Waals surface area contributed by atoms with Gasteiger partial charge in [-0.05, 0) is 29.9 Å². The number of thiophene rings is 1. The number of rotatable bonds is 5. The van der Waals surface area contributed by atoms with Crippen molar-refractivity contribution in [2.24, 2.45) is 0 Å². The molecule has 0 unspecified atom stereocenters. The summed E-state index contributed by atoms with van der Waals surface area (Å²) in [5, 5.41) is 4.82. The van der Waals surface area contributed by atoms with Crippen molar-refractivity contribution in [2.75, 3.05) is 6.54 Å². The molecule has 0 saturated heterocycles. The quantitative estimate of drug-likeness (QED) is 0.586. The standard InChI is InChI=1S/C11H15NOS/c1-3-5-7-12-11(13)10-9(4-2)6-8-14-10/h3,6,8H,1,4-5,7H2,2H3,(H,12,13). The second-order valence-electron chi connectivity index (χ2n) is 2.96. The maximum absolute atomic E-state index is 11.6. The lowest BCUT2D eigenvalue weighted by Gasteiger charge is -2.02. The van der Waals surface area contributed by atoms with Crippen molar-refractivity contribution in [3.8, 4) is 0 Å². The Morgan fingerprint density at radius 2 is 2.50 bits per heavy atom. The van der Waals surface area contributed by atoms with E-state index in [0.29, 0.717) is 6.54 Å². The molecule has 1 heterocycles. The van der Waals surface area contributed by atoms with Gasteiger partial charge in [0.2, 0.25) is 0 Å². The Hall–Kier alpha value is -1.09. The molecule has 0 radical (unpaired) electrons. The summed E-state index contributed by atoms with van der Waals surface area (Å²) in [6.07, 6.45) is 3.53. The fourth-order valence-corrected chi connectivity index (χ4v) is 2.09. The van der Waals surface area contributed by atoms with Crippen LogP contribution >= 0.6 is 11.3 Å². The summed E-state index contributed by atoms with van der Waals surface area (Å²) in [5.41, 5.74) is 1.13. The average molecular weight is 209 g/mol. The second-order valence-corrected chi connectivity index (χ2v) is 3.88. The number of amides is 1. The maximum atomic E-state index is 11.6. The lowest BCUT2D eigenvalue weighted by atomic mass is 10.2. The van der Waals surface area contributed by atoms with Gasteiger partial charge in [0.25, 0.3) is 5.91 Å². The van der Waals surface area contributed by atoms with Crippen LogP contribution in [0, 0.1) is 0 Å². The van der Waals surface area contributed by atoms with E-state index in [1.165, 1.54) is 11.3 Å². The van der Waals surface area contributed by atoms with Gasteiger partial charge in [0.15, 0.2) is 0 Å². The Kier molecular flexibility index (Phi) is 4.40. The molecule has 3 heteroatoms. The van der Waals surface area contributed by atoms with Crippen molar-refractivity contribution in [1.29, 1.82) is 0 Å². The third-order valence-electron chi connectivity index (χ3n) is 1.97. The molecule has 0 fully saturated rings. The van der Waals surface area contributed by atoms with Gasteiger partial charge in [-0.3, -0.25) is 4.79 Å². The summed E-state index contributed by atoms with van der Waals surface area (Å²) in [5.74, 6) is 0.0405. The van der Waals surface area contributed by atoms with E-state index in [9.17, 15) is 4.79 Å². The van der Waals surface area contributed by atoms with Gasteiger partial charge in [-0.1, -0.05) is 13.0 Å². The zero-order chi connectivity index (χ0) is 10.4. The summed E-state index contributed by atoms with van der Waals surface area (Å²) in [6.45, 7) is 6.33. The van der Waals surface area contributed by atoms with Crippen molar-refractivity contribution in [1.82, 2.24) is 5.32 Å². The van der Waals surface area contributed by atoms with Crippen LogP contribution in [0.5, 0.6) is 0 Å². The van der Waals surface area contributed by atoms with Crippen molar-refractivity contribution >= 4 is 17.2 Å². The fraction of sp³-hybridized carbons (Fsp3) is 0.364. The van der Waals surface area contributed by atoms with Gasteiger partial charge in [-0.2, -0.15) is 0 Å². The first kappa shape index (κ1) is 11.0. The lowest BCUT2D eigenvalue weighted by Crippen LogP contribution is -2.23. The molecule has 0 saturated carbocycles. The highest BCUT2D eigenvalue weighted by Crippen LogP contribution is 2.16. The molecule has 0 bridgehead atoms. The minimum absolute atomic E-state index is 0.0405. The van der Waals surface area contributed by atoms with Gasteiger partial charge < -0.3 is 5.32 Å². The zero-order valence-electron chi connectivity index (χ0n) is 8.38. The largest absolute Gasteiger partial charge is 0.351 e. The molecule has 1 aromatic rings. The van der Waals surface area contributed by atoms with Gasteiger partial charge >= 0.3 is 0 Å². The van der Waals surface area contributed by atoms with E-state index in [1.807, 2.05) is 11.4 Å². The molecular formula is C11H15NOS. The molecule has 1 N–H and O–H groups in total. The van der Waals surface area contributed by atoms with E-state index >= 15 is 0 Å². The molecule has 14 heavy (non-hydrogen) atoms. The first-order valence-electron chi connectivity index (χ1n) is 4.75. The molecule has 2 nitrogen and oxygen atoms in total. The summed E-state index contributed by atoms with van der Waals surface area (Å²) >= 11 is 1.50. The van der Waals surface area contributed by atoms with Gasteiger partial charge in [0.05, 0.1) is 4.88 Å². The van der Waals surface area contributed by atoms with Crippen LogP contribution in [0.3, 0.4) is 0 Å². The monoisotopic (exact) mass is 209 g/mol. The van der Waals surface area contributed by atoms with Gasteiger partial charge in [-0.25, -0.2) is 0 Å². The first-order valence-corrected chi connectivity index (χ1v) is 5.63. The van der Waals surface area contributed by atoms with E-state index in [4.69, 9.17) is 0 Å². The van der Waals surface area contributed by atoms with Crippen molar-refractivity contribution in [2.45, 2.75) is 19.8 Å². The number of hydrogen-bond acceptors (Lipinski definition) is 2. The highest BCUT2D eigenvalue weighted by atomic mass is 32.1. The van der Waals surface area contributed by atoms with E-state index in [2.05, 4.69) is 18.8 Å². The molecule has 0 aromatic carbocycles. The third-order valence-corrected chi connectivity index (χ3v) is 2.92. The normalized spacial score (nSPS) is 9.79. The van der Waals surface area contributed by atoms with Crippen LogP contribution in [0.25, 0.3) is 0 Å². The molecule has 0 aliphatic heterocycles. The lowest BCUT2D eigenvalue weighted by molar-refractivity contribution is 0.0957. The summed E-state index contributed by atoms with van der Waals surface area (Å²) < 4.78 is 0. The van der Waals surface area contributed by atoms with Crippen LogP contribution in [0.15, 0.2) is 24.1 Å². The molecule has 0 atom stereocenters. The number of carbonyl (C=O) groups is 1. The Balaban J connectivity index is 2.55. The maximum Gasteiger partial charge on any atom is 0.261 e. The molecule has 0 spiro atoms. The highest BCUT2D eigenvalue weighted by Gasteiger charge is 2.10. The van der Waals surface area contributed by atoms with Crippen LogP contribution in [0.4, 0.5) is 0 Å². The number of nitrogens with one attached hydrogen (secondary N) is 1. The predicted molar refractivity (Wildman–Crippen MR) is 60.8 cm³/mol. The number of hydrogen-bond donors (Lipinski definition) is 1. The zero-order valence-corrected chi connectivity index (χ0v) is 9.19.